The van der Waals surface area contributed by atoms with Crippen molar-refractivity contribution in [2.45, 2.75) is 38.1 Å². The molecule has 7 heteroatoms. The summed E-state index contributed by atoms with van der Waals surface area (Å²) >= 11 is 0. The first-order valence-electron chi connectivity index (χ1n) is 6.04. The lowest BCUT2D eigenvalue weighted by molar-refractivity contribution is -0.384. The summed E-state index contributed by atoms with van der Waals surface area (Å²) in [5.74, 6) is -0.756. The van der Waals surface area contributed by atoms with Crippen molar-refractivity contribution in [2.75, 3.05) is 5.32 Å². The van der Waals surface area contributed by atoms with E-state index in [0.29, 0.717) is 18.5 Å². The van der Waals surface area contributed by atoms with E-state index < -0.39 is 16.4 Å². The minimum atomic E-state index is -0.914. The van der Waals surface area contributed by atoms with E-state index in [-0.39, 0.29) is 17.9 Å². The number of anilines is 1. The Hall–Kier alpha value is -2.18. The molecule has 1 fully saturated rings. The van der Waals surface area contributed by atoms with Gasteiger partial charge >= 0.3 is 11.7 Å². The average Bonchev–Trinajstić information content (AvgIpc) is 2.25. The quantitative estimate of drug-likeness (QED) is 0.624. The van der Waals surface area contributed by atoms with Crippen LogP contribution in [-0.2, 0) is 4.79 Å². The molecule has 7 nitrogen and oxygen atoms in total. The zero-order valence-corrected chi connectivity index (χ0v) is 10.5. The van der Waals surface area contributed by atoms with Crippen LogP contribution in [0.1, 0.15) is 31.4 Å². The van der Waals surface area contributed by atoms with Crippen LogP contribution in [0.15, 0.2) is 12.1 Å². The van der Waals surface area contributed by atoms with E-state index in [1.165, 1.54) is 6.07 Å². The van der Waals surface area contributed by atoms with E-state index in [0.717, 1.165) is 6.42 Å². The number of nitrogens with zero attached hydrogens (tertiary/aromatic N) is 2. The monoisotopic (exact) mass is 265 g/mol. The molecule has 0 radical (unpaired) electrons. The third-order valence-corrected chi connectivity index (χ3v) is 3.39. The Balaban J connectivity index is 2.28. The van der Waals surface area contributed by atoms with Crippen LogP contribution in [0.25, 0.3) is 0 Å². The fraction of sp³-hybridized carbons (Fsp3) is 0.500. The summed E-state index contributed by atoms with van der Waals surface area (Å²) in [4.78, 5) is 25.5. The van der Waals surface area contributed by atoms with Crippen molar-refractivity contribution in [1.29, 1.82) is 0 Å². The molecule has 0 spiro atoms. The van der Waals surface area contributed by atoms with Crippen molar-refractivity contribution in [2.24, 2.45) is 0 Å². The van der Waals surface area contributed by atoms with Crippen LogP contribution < -0.4 is 5.32 Å². The third-order valence-electron chi connectivity index (χ3n) is 3.39. The number of aryl methyl sites for hydroxylation is 1. The summed E-state index contributed by atoms with van der Waals surface area (Å²) in [7, 11) is 0. The van der Waals surface area contributed by atoms with Gasteiger partial charge < -0.3 is 10.4 Å². The zero-order chi connectivity index (χ0) is 14.0. The highest BCUT2D eigenvalue weighted by atomic mass is 16.6. The Morgan fingerprint density at radius 3 is 2.74 bits per heavy atom. The van der Waals surface area contributed by atoms with Crippen molar-refractivity contribution < 1.29 is 14.8 Å². The zero-order valence-electron chi connectivity index (χ0n) is 10.5. The molecule has 102 valence electrons. The molecule has 1 aromatic heterocycles. The van der Waals surface area contributed by atoms with Gasteiger partial charge in [-0.25, -0.2) is 4.98 Å². The molecule has 0 aromatic carbocycles. The summed E-state index contributed by atoms with van der Waals surface area (Å²) < 4.78 is 0. The fourth-order valence-corrected chi connectivity index (χ4v) is 2.28. The largest absolute Gasteiger partial charge is 0.481 e. The van der Waals surface area contributed by atoms with Crippen LogP contribution >= 0.6 is 0 Å². The lowest BCUT2D eigenvalue weighted by Crippen LogP contribution is -2.47. The van der Waals surface area contributed by atoms with Gasteiger partial charge in [0.1, 0.15) is 0 Å². The van der Waals surface area contributed by atoms with Crippen molar-refractivity contribution in [3.63, 3.8) is 0 Å². The van der Waals surface area contributed by atoms with Gasteiger partial charge in [-0.2, -0.15) is 0 Å². The molecule has 1 heterocycles. The predicted molar refractivity (Wildman–Crippen MR) is 68.1 cm³/mol. The summed E-state index contributed by atoms with van der Waals surface area (Å²) in [6.45, 7) is 1.74. The molecule has 1 saturated carbocycles. The van der Waals surface area contributed by atoms with Crippen LogP contribution in [0.5, 0.6) is 0 Å². The van der Waals surface area contributed by atoms with Crippen molar-refractivity contribution >= 4 is 17.5 Å². The number of nitro groups is 1. The van der Waals surface area contributed by atoms with Crippen LogP contribution in [0, 0.1) is 17.0 Å². The lowest BCUT2D eigenvalue weighted by Gasteiger charge is -2.41. The Bertz CT molecular complexity index is 526. The van der Waals surface area contributed by atoms with Crippen molar-refractivity contribution in [1.82, 2.24) is 4.98 Å². The summed E-state index contributed by atoms with van der Waals surface area (Å²) in [6.07, 6.45) is 2.23. The maximum atomic E-state index is 11.0. The van der Waals surface area contributed by atoms with E-state index in [9.17, 15) is 14.9 Å². The number of carbonyl (C=O) groups is 1. The van der Waals surface area contributed by atoms with E-state index in [1.807, 2.05) is 0 Å². The third kappa shape index (κ3) is 2.81. The molecule has 0 saturated heterocycles. The molecule has 2 N–H and O–H groups in total. The highest BCUT2D eigenvalue weighted by molar-refractivity contribution is 5.70. The molecule has 19 heavy (non-hydrogen) atoms. The predicted octanol–water partition coefficient (Wildman–Crippen LogP) is 2.11. The number of rotatable bonds is 5. The number of carboxylic acids is 1. The van der Waals surface area contributed by atoms with Gasteiger partial charge in [-0.3, -0.25) is 14.9 Å². The van der Waals surface area contributed by atoms with Gasteiger partial charge in [-0.05, 0) is 32.3 Å². The van der Waals surface area contributed by atoms with E-state index >= 15 is 0 Å². The minimum Gasteiger partial charge on any atom is -0.481 e. The normalized spacial score (nSPS) is 16.5. The second-order valence-electron chi connectivity index (χ2n) is 4.91. The standard InChI is InChI=1S/C12H15N3O4/c1-8-3-4-9(15(18)19)11(13-8)14-12(5-2-6-12)7-10(16)17/h3-4H,2,5-7H2,1H3,(H,13,14)(H,16,17). The van der Waals surface area contributed by atoms with Crippen LogP contribution in [-0.4, -0.2) is 26.5 Å². The minimum absolute atomic E-state index is 0.0558. The Labute approximate surface area is 109 Å². The number of nitrogens with one attached hydrogen (secondary N) is 1. The van der Waals surface area contributed by atoms with Crippen molar-refractivity contribution in [3.8, 4) is 0 Å². The molecule has 0 aliphatic heterocycles. The summed E-state index contributed by atoms with van der Waals surface area (Å²) in [5, 5.41) is 22.9. The van der Waals surface area contributed by atoms with Gasteiger partial charge in [0.25, 0.3) is 0 Å². The van der Waals surface area contributed by atoms with Gasteiger partial charge in [0.15, 0.2) is 0 Å². The summed E-state index contributed by atoms with van der Waals surface area (Å²) in [6, 6.07) is 2.95. The highest BCUT2D eigenvalue weighted by Gasteiger charge is 2.40. The smallest absolute Gasteiger partial charge is 0.311 e. The van der Waals surface area contributed by atoms with E-state index in [2.05, 4.69) is 10.3 Å². The number of aromatic nitrogens is 1. The topological polar surface area (TPSA) is 105 Å². The second-order valence-corrected chi connectivity index (χ2v) is 4.91. The number of aliphatic carboxylic acids is 1. The molecular formula is C12H15N3O4. The first-order chi connectivity index (χ1) is 8.92. The molecular weight excluding hydrogens is 250 g/mol. The molecule has 2 rings (SSSR count). The number of carboxylic acid groups (broad SMARTS) is 1. The maximum Gasteiger partial charge on any atom is 0.311 e. The maximum absolute atomic E-state index is 11.0. The molecule has 1 aliphatic carbocycles. The second kappa shape index (κ2) is 4.83. The van der Waals surface area contributed by atoms with Gasteiger partial charge in [0.05, 0.1) is 11.3 Å². The molecule has 0 atom stereocenters. The molecule has 1 aliphatic rings. The van der Waals surface area contributed by atoms with Crippen LogP contribution in [0.2, 0.25) is 0 Å². The van der Waals surface area contributed by atoms with Gasteiger partial charge in [-0.1, -0.05) is 0 Å². The number of pyridine rings is 1. The molecule has 1 aromatic rings. The molecule has 0 unspecified atom stereocenters. The van der Waals surface area contributed by atoms with Gasteiger partial charge in [-0.15, -0.1) is 0 Å². The first kappa shape index (κ1) is 13.3. The highest BCUT2D eigenvalue weighted by Crippen LogP contribution is 2.39. The fourth-order valence-electron chi connectivity index (χ4n) is 2.28. The van der Waals surface area contributed by atoms with Gasteiger partial charge in [0, 0.05) is 17.3 Å². The average molecular weight is 265 g/mol. The number of hydrogen-bond acceptors (Lipinski definition) is 5. The number of hydrogen-bond donors (Lipinski definition) is 2. The lowest BCUT2D eigenvalue weighted by atomic mass is 9.74. The van der Waals surface area contributed by atoms with Crippen molar-refractivity contribution in [3.05, 3.63) is 27.9 Å². The first-order valence-corrected chi connectivity index (χ1v) is 6.04. The van der Waals surface area contributed by atoms with E-state index in [1.54, 1.807) is 13.0 Å². The Morgan fingerprint density at radius 1 is 1.58 bits per heavy atom. The molecule has 0 amide bonds. The van der Waals surface area contributed by atoms with E-state index in [4.69, 9.17) is 5.11 Å². The van der Waals surface area contributed by atoms with Crippen LogP contribution in [0.4, 0.5) is 11.5 Å². The van der Waals surface area contributed by atoms with Gasteiger partial charge in [0.2, 0.25) is 5.82 Å². The Kier molecular flexibility index (Phi) is 3.37. The SMILES string of the molecule is Cc1ccc([N+](=O)[O-])c(NC2(CC(=O)O)CCC2)n1. The van der Waals surface area contributed by atoms with Crippen LogP contribution in [0.3, 0.4) is 0 Å². The molecule has 0 bridgehead atoms. The Morgan fingerprint density at radius 2 is 2.26 bits per heavy atom. The summed E-state index contributed by atoms with van der Waals surface area (Å²) in [5.41, 5.74) is -0.0719.